The van der Waals surface area contributed by atoms with Crippen LogP contribution in [0.1, 0.15) is 26.7 Å². The van der Waals surface area contributed by atoms with Crippen LogP contribution in [-0.2, 0) is 0 Å². The molecule has 0 aliphatic carbocycles. The Bertz CT molecular complexity index is 487. The molecule has 116 valence electrons. The normalized spacial score (nSPS) is 27.7. The summed E-state index contributed by atoms with van der Waals surface area (Å²) in [5, 5.41) is 3.42. The van der Waals surface area contributed by atoms with E-state index in [1.165, 1.54) is 25.9 Å². The number of fused-ring (bicyclic) bond motifs is 3. The van der Waals surface area contributed by atoms with Gasteiger partial charge in [-0.15, -0.1) is 0 Å². The largest absolute Gasteiger partial charge is 0.461 e. The number of aromatic nitrogens is 3. The highest BCUT2D eigenvalue weighted by Crippen LogP contribution is 2.29. The lowest BCUT2D eigenvalue weighted by Gasteiger charge is -2.44. The highest BCUT2D eigenvalue weighted by Gasteiger charge is 2.34. The summed E-state index contributed by atoms with van der Waals surface area (Å²) in [4.78, 5) is 15.2. The predicted octanol–water partition coefficient (Wildman–Crippen LogP) is 0.451. The molecule has 3 saturated heterocycles. The highest BCUT2D eigenvalue weighted by atomic mass is 16.5. The number of nitrogens with one attached hydrogen (secondary N) is 2. The summed E-state index contributed by atoms with van der Waals surface area (Å²) in [6.07, 6.45) is 2.47. The predicted molar refractivity (Wildman–Crippen MR) is 80.0 cm³/mol. The molecule has 1 aromatic rings. The van der Waals surface area contributed by atoms with E-state index in [-0.39, 0.29) is 12.1 Å². The molecule has 0 aromatic carbocycles. The van der Waals surface area contributed by atoms with Crippen LogP contribution in [0.5, 0.6) is 6.01 Å². The zero-order valence-corrected chi connectivity index (χ0v) is 12.5. The Kier molecular flexibility index (Phi) is 4.07. The number of nitrogen functional groups attached to an aromatic ring is 1. The van der Waals surface area contributed by atoms with E-state index in [0.29, 0.717) is 23.9 Å². The van der Waals surface area contributed by atoms with Crippen molar-refractivity contribution >= 4 is 11.9 Å². The second-order valence-electron chi connectivity index (χ2n) is 5.97. The molecule has 0 radical (unpaired) electrons. The summed E-state index contributed by atoms with van der Waals surface area (Å²) in [7, 11) is 0. The Morgan fingerprint density at radius 3 is 2.48 bits per heavy atom. The molecular formula is C13H23N7O. The average Bonchev–Trinajstić information content (AvgIpc) is 2.47. The zero-order valence-electron chi connectivity index (χ0n) is 12.5. The Morgan fingerprint density at radius 1 is 1.19 bits per heavy atom. The van der Waals surface area contributed by atoms with Crippen LogP contribution in [0.4, 0.5) is 11.9 Å². The van der Waals surface area contributed by atoms with Gasteiger partial charge in [0.2, 0.25) is 11.9 Å². The number of nitrogens with two attached hydrogens (primary N) is 1. The molecule has 0 amide bonds. The molecule has 3 fully saturated rings. The quantitative estimate of drug-likeness (QED) is 0.531. The lowest BCUT2D eigenvalue weighted by atomic mass is 9.84. The summed E-state index contributed by atoms with van der Waals surface area (Å²) < 4.78 is 5.54. The number of hydrogen-bond acceptors (Lipinski definition) is 8. The van der Waals surface area contributed by atoms with Crippen LogP contribution in [-0.4, -0.2) is 51.6 Å². The highest BCUT2D eigenvalue weighted by molar-refractivity contribution is 5.36. The minimum absolute atomic E-state index is 0.00248. The minimum Gasteiger partial charge on any atom is -0.461 e. The van der Waals surface area contributed by atoms with Crippen molar-refractivity contribution in [1.82, 2.24) is 19.9 Å². The first-order valence-corrected chi connectivity index (χ1v) is 7.52. The van der Waals surface area contributed by atoms with Gasteiger partial charge in [-0.05, 0) is 45.7 Å². The third-order valence-corrected chi connectivity index (χ3v) is 4.06. The van der Waals surface area contributed by atoms with Crippen molar-refractivity contribution in [1.29, 1.82) is 0 Å². The van der Waals surface area contributed by atoms with Crippen LogP contribution in [0.2, 0.25) is 0 Å². The number of anilines is 2. The molecule has 8 heteroatoms. The van der Waals surface area contributed by atoms with Gasteiger partial charge in [0.05, 0.1) is 6.10 Å². The molecule has 8 nitrogen and oxygen atoms in total. The van der Waals surface area contributed by atoms with Gasteiger partial charge in [-0.1, -0.05) is 0 Å². The Balaban J connectivity index is 1.74. The molecule has 4 rings (SSSR count). The third-order valence-electron chi connectivity index (χ3n) is 4.06. The fraction of sp³-hybridized carbons (Fsp3) is 0.769. The van der Waals surface area contributed by atoms with Crippen molar-refractivity contribution in [2.75, 3.05) is 30.4 Å². The van der Waals surface area contributed by atoms with Gasteiger partial charge >= 0.3 is 6.01 Å². The second-order valence-corrected chi connectivity index (χ2v) is 5.97. The molecular weight excluding hydrogens is 270 g/mol. The van der Waals surface area contributed by atoms with Crippen molar-refractivity contribution in [3.8, 4) is 6.01 Å². The Hall–Kier alpha value is -1.67. The number of ether oxygens (including phenoxy) is 1. The number of hydrazine groups is 1. The van der Waals surface area contributed by atoms with Crippen molar-refractivity contribution in [3.63, 3.8) is 0 Å². The fourth-order valence-electron chi connectivity index (χ4n) is 3.04. The maximum absolute atomic E-state index is 5.54. The molecule has 3 aliphatic heterocycles. The molecule has 3 aliphatic rings. The summed E-state index contributed by atoms with van der Waals surface area (Å²) in [5.74, 6) is 6.94. The first-order chi connectivity index (χ1) is 10.1. The van der Waals surface area contributed by atoms with Crippen LogP contribution in [0.25, 0.3) is 0 Å². The van der Waals surface area contributed by atoms with Gasteiger partial charge in [0.25, 0.3) is 0 Å². The Labute approximate surface area is 124 Å². The fourth-order valence-corrected chi connectivity index (χ4v) is 3.04. The summed E-state index contributed by atoms with van der Waals surface area (Å²) in [5.41, 5.74) is 2.46. The van der Waals surface area contributed by atoms with Gasteiger partial charge in [0.15, 0.2) is 0 Å². The molecule has 4 N–H and O–H groups in total. The molecule has 4 heterocycles. The van der Waals surface area contributed by atoms with Gasteiger partial charge in [0.1, 0.15) is 0 Å². The van der Waals surface area contributed by atoms with E-state index >= 15 is 0 Å². The van der Waals surface area contributed by atoms with E-state index in [4.69, 9.17) is 10.6 Å². The standard InChI is InChI=1S/C13H23N7O/c1-8(2)21-13-17-11(16-12(18-13)19-14)15-10-7-20-5-3-9(10)4-6-20/h8-10H,3-7,14H2,1-2H3,(H2,15,16,17,18,19). The van der Waals surface area contributed by atoms with Crippen molar-refractivity contribution in [3.05, 3.63) is 0 Å². The van der Waals surface area contributed by atoms with E-state index in [0.717, 1.165) is 6.54 Å². The van der Waals surface area contributed by atoms with Crippen molar-refractivity contribution in [2.24, 2.45) is 11.8 Å². The van der Waals surface area contributed by atoms with Crippen molar-refractivity contribution in [2.45, 2.75) is 38.8 Å². The van der Waals surface area contributed by atoms with Gasteiger partial charge < -0.3 is 15.0 Å². The number of hydrogen-bond donors (Lipinski definition) is 3. The average molecular weight is 293 g/mol. The SMILES string of the molecule is CC(C)Oc1nc(NN)nc(NC2CN3CCC2CC3)n1. The van der Waals surface area contributed by atoms with Gasteiger partial charge in [0, 0.05) is 12.6 Å². The summed E-state index contributed by atoms with van der Waals surface area (Å²) >= 11 is 0. The minimum atomic E-state index is 0.00248. The maximum Gasteiger partial charge on any atom is 0.323 e. The van der Waals surface area contributed by atoms with Crippen LogP contribution < -0.4 is 21.3 Å². The van der Waals surface area contributed by atoms with E-state index < -0.39 is 0 Å². The maximum atomic E-state index is 5.54. The van der Waals surface area contributed by atoms with Crippen LogP contribution >= 0.6 is 0 Å². The lowest BCUT2D eigenvalue weighted by Crippen LogP contribution is -2.53. The van der Waals surface area contributed by atoms with E-state index in [9.17, 15) is 0 Å². The zero-order chi connectivity index (χ0) is 14.8. The molecule has 0 spiro atoms. The monoisotopic (exact) mass is 293 g/mol. The van der Waals surface area contributed by atoms with E-state index in [1.54, 1.807) is 0 Å². The van der Waals surface area contributed by atoms with Crippen LogP contribution in [0.3, 0.4) is 0 Å². The first-order valence-electron chi connectivity index (χ1n) is 7.52. The molecule has 2 bridgehead atoms. The van der Waals surface area contributed by atoms with Gasteiger partial charge in [-0.2, -0.15) is 15.0 Å². The van der Waals surface area contributed by atoms with E-state index in [2.05, 4.69) is 30.6 Å². The van der Waals surface area contributed by atoms with Gasteiger partial charge in [-0.3, -0.25) is 5.43 Å². The number of rotatable bonds is 5. The van der Waals surface area contributed by atoms with E-state index in [1.807, 2.05) is 13.8 Å². The molecule has 0 saturated carbocycles. The molecule has 1 aromatic heterocycles. The number of piperidine rings is 3. The summed E-state index contributed by atoms with van der Waals surface area (Å²) in [6.45, 7) is 7.32. The van der Waals surface area contributed by atoms with Gasteiger partial charge in [-0.25, -0.2) is 5.84 Å². The molecule has 1 unspecified atom stereocenters. The van der Waals surface area contributed by atoms with Crippen molar-refractivity contribution < 1.29 is 4.74 Å². The first kappa shape index (κ1) is 14.3. The lowest BCUT2D eigenvalue weighted by molar-refractivity contribution is 0.0971. The molecule has 1 atom stereocenters. The second kappa shape index (κ2) is 5.98. The van der Waals surface area contributed by atoms with Crippen LogP contribution in [0, 0.1) is 5.92 Å². The Morgan fingerprint density at radius 2 is 1.90 bits per heavy atom. The smallest absolute Gasteiger partial charge is 0.323 e. The number of nitrogens with zero attached hydrogens (tertiary/aromatic N) is 4. The topological polar surface area (TPSA) is 101 Å². The summed E-state index contributed by atoms with van der Waals surface area (Å²) in [6, 6.07) is 0.671. The molecule has 21 heavy (non-hydrogen) atoms. The third kappa shape index (κ3) is 3.33. The van der Waals surface area contributed by atoms with Crippen LogP contribution in [0.15, 0.2) is 0 Å².